The van der Waals surface area contributed by atoms with Gasteiger partial charge in [0, 0.05) is 23.7 Å². The fourth-order valence-electron chi connectivity index (χ4n) is 3.51. The third-order valence-corrected chi connectivity index (χ3v) is 4.82. The Balaban J connectivity index is 1.56. The van der Waals surface area contributed by atoms with Crippen LogP contribution in [0.25, 0.3) is 0 Å². The van der Waals surface area contributed by atoms with Gasteiger partial charge in [-0.2, -0.15) is 5.10 Å². The first kappa shape index (κ1) is 17.7. The Morgan fingerprint density at radius 3 is 2.84 bits per heavy atom. The van der Waals surface area contributed by atoms with Gasteiger partial charge in [0.05, 0.1) is 5.69 Å². The summed E-state index contributed by atoms with van der Waals surface area (Å²) in [6.07, 6.45) is 4.23. The number of carbonyl (C=O) groups is 1. The minimum Gasteiger partial charge on any atom is -0.349 e. The van der Waals surface area contributed by atoms with Gasteiger partial charge in [0.15, 0.2) is 0 Å². The van der Waals surface area contributed by atoms with E-state index in [0.29, 0.717) is 0 Å². The first-order valence-corrected chi connectivity index (χ1v) is 9.21. The predicted octanol–water partition coefficient (Wildman–Crippen LogP) is 2.62. The number of H-pyrrole nitrogens is 1. The van der Waals surface area contributed by atoms with Crippen molar-refractivity contribution in [3.8, 4) is 0 Å². The maximum atomic E-state index is 12.5. The molecule has 1 aromatic carbocycles. The van der Waals surface area contributed by atoms with Gasteiger partial charge in [-0.25, -0.2) is 0 Å². The largest absolute Gasteiger partial charge is 0.349 e. The van der Waals surface area contributed by atoms with E-state index >= 15 is 0 Å². The summed E-state index contributed by atoms with van der Waals surface area (Å²) in [6, 6.07) is 10.1. The molecule has 0 unspecified atom stereocenters. The molecule has 1 aliphatic rings. The number of aryl methyl sites for hydroxylation is 1. The Labute approximate surface area is 149 Å². The third-order valence-electron chi connectivity index (χ3n) is 4.82. The molecule has 1 saturated heterocycles. The van der Waals surface area contributed by atoms with Crippen molar-refractivity contribution in [2.45, 2.75) is 45.6 Å². The average Bonchev–Trinajstić information content (AvgIpc) is 3.00. The fourth-order valence-corrected chi connectivity index (χ4v) is 3.51. The van der Waals surface area contributed by atoms with Crippen LogP contribution in [-0.4, -0.2) is 35.2 Å². The first-order chi connectivity index (χ1) is 12.1. The highest BCUT2D eigenvalue weighted by Crippen LogP contribution is 2.19. The smallest absolute Gasteiger partial charge is 0.251 e. The first-order valence-electron chi connectivity index (χ1n) is 9.21. The van der Waals surface area contributed by atoms with Gasteiger partial charge in [-0.1, -0.05) is 12.1 Å². The summed E-state index contributed by atoms with van der Waals surface area (Å²) in [5.41, 5.74) is 4.02. The van der Waals surface area contributed by atoms with Gasteiger partial charge in [0.2, 0.25) is 0 Å². The molecular formula is C20H28N4O. The molecule has 0 saturated carbocycles. The van der Waals surface area contributed by atoms with Crippen molar-refractivity contribution in [2.24, 2.45) is 5.92 Å². The molecule has 1 amide bonds. The molecule has 3 rings (SSSR count). The number of aromatic amines is 1. The SMILES string of the molecule is Cc1cc(C[C@H](C)NC(=O)c2cccc(CC3CCNCC3)c2)n[nH]1. The van der Waals surface area contributed by atoms with Gasteiger partial charge in [-0.15, -0.1) is 0 Å². The average molecular weight is 340 g/mol. The monoisotopic (exact) mass is 340 g/mol. The van der Waals surface area contributed by atoms with Crippen LogP contribution in [0.15, 0.2) is 30.3 Å². The van der Waals surface area contributed by atoms with Crippen molar-refractivity contribution in [1.82, 2.24) is 20.8 Å². The molecule has 1 fully saturated rings. The highest BCUT2D eigenvalue weighted by molar-refractivity contribution is 5.94. The van der Waals surface area contributed by atoms with Crippen LogP contribution in [0.5, 0.6) is 0 Å². The van der Waals surface area contributed by atoms with E-state index in [-0.39, 0.29) is 11.9 Å². The maximum absolute atomic E-state index is 12.5. The van der Waals surface area contributed by atoms with E-state index in [1.54, 1.807) is 0 Å². The number of carbonyl (C=O) groups excluding carboxylic acids is 1. The summed E-state index contributed by atoms with van der Waals surface area (Å²) in [5, 5.41) is 13.7. The highest BCUT2D eigenvalue weighted by Gasteiger charge is 2.15. The van der Waals surface area contributed by atoms with Gasteiger partial charge in [0.25, 0.3) is 5.91 Å². The van der Waals surface area contributed by atoms with Crippen LogP contribution in [0, 0.1) is 12.8 Å². The highest BCUT2D eigenvalue weighted by atomic mass is 16.1. The van der Waals surface area contributed by atoms with Crippen LogP contribution in [0.2, 0.25) is 0 Å². The molecule has 5 nitrogen and oxygen atoms in total. The molecule has 3 N–H and O–H groups in total. The van der Waals surface area contributed by atoms with Crippen molar-refractivity contribution in [2.75, 3.05) is 13.1 Å². The minimum atomic E-state index is -0.00748. The van der Waals surface area contributed by atoms with Gasteiger partial charge in [-0.3, -0.25) is 9.89 Å². The van der Waals surface area contributed by atoms with Crippen LogP contribution in [-0.2, 0) is 12.8 Å². The Bertz CT molecular complexity index is 703. The molecule has 2 aromatic rings. The summed E-state index contributed by atoms with van der Waals surface area (Å²) >= 11 is 0. The topological polar surface area (TPSA) is 69.8 Å². The zero-order chi connectivity index (χ0) is 17.6. The number of piperidine rings is 1. The van der Waals surface area contributed by atoms with E-state index in [9.17, 15) is 4.79 Å². The number of hydrogen-bond acceptors (Lipinski definition) is 3. The standard InChI is InChI=1S/C20H28N4O/c1-14(10-19-11-15(2)23-24-19)22-20(25)18-5-3-4-17(13-18)12-16-6-8-21-9-7-16/h3-5,11,13-14,16,21H,6-10,12H2,1-2H3,(H,22,25)(H,23,24)/t14-/m0/s1. The van der Waals surface area contributed by atoms with Gasteiger partial charge < -0.3 is 10.6 Å². The van der Waals surface area contributed by atoms with Crippen molar-refractivity contribution in [3.05, 3.63) is 52.8 Å². The molecule has 1 aliphatic heterocycles. The number of nitrogens with one attached hydrogen (secondary N) is 3. The van der Waals surface area contributed by atoms with Gasteiger partial charge >= 0.3 is 0 Å². The lowest BCUT2D eigenvalue weighted by Crippen LogP contribution is -2.34. The van der Waals surface area contributed by atoms with E-state index in [4.69, 9.17) is 0 Å². The second kappa shape index (κ2) is 8.30. The minimum absolute atomic E-state index is 0.00748. The second-order valence-corrected chi connectivity index (χ2v) is 7.22. The van der Waals surface area contributed by atoms with Crippen LogP contribution in [0.4, 0.5) is 0 Å². The summed E-state index contributed by atoms with van der Waals surface area (Å²) in [7, 11) is 0. The summed E-state index contributed by atoms with van der Waals surface area (Å²) in [6.45, 7) is 6.21. The van der Waals surface area contributed by atoms with Crippen LogP contribution >= 0.6 is 0 Å². The van der Waals surface area contributed by atoms with E-state index in [1.807, 2.05) is 38.1 Å². The van der Waals surface area contributed by atoms with Crippen molar-refractivity contribution >= 4 is 5.91 Å². The van der Waals surface area contributed by atoms with Gasteiger partial charge in [0.1, 0.15) is 0 Å². The number of hydrogen-bond donors (Lipinski definition) is 3. The molecule has 0 aliphatic carbocycles. The van der Waals surface area contributed by atoms with Crippen LogP contribution < -0.4 is 10.6 Å². The second-order valence-electron chi connectivity index (χ2n) is 7.22. The molecule has 0 bridgehead atoms. The zero-order valence-corrected chi connectivity index (χ0v) is 15.1. The predicted molar refractivity (Wildman–Crippen MR) is 99.7 cm³/mol. The number of benzene rings is 1. The van der Waals surface area contributed by atoms with E-state index in [2.05, 4.69) is 26.9 Å². The molecule has 5 heteroatoms. The number of rotatable bonds is 6. The molecule has 134 valence electrons. The molecule has 25 heavy (non-hydrogen) atoms. The number of nitrogens with zero attached hydrogens (tertiary/aromatic N) is 1. The Kier molecular flexibility index (Phi) is 5.87. The van der Waals surface area contributed by atoms with Crippen molar-refractivity contribution in [3.63, 3.8) is 0 Å². The van der Waals surface area contributed by atoms with E-state index < -0.39 is 0 Å². The van der Waals surface area contributed by atoms with Crippen molar-refractivity contribution in [1.29, 1.82) is 0 Å². The number of aromatic nitrogens is 2. The zero-order valence-electron chi connectivity index (χ0n) is 15.1. The lowest BCUT2D eigenvalue weighted by molar-refractivity contribution is 0.0940. The Hall–Kier alpha value is -2.14. The van der Waals surface area contributed by atoms with Crippen LogP contribution in [0.1, 0.15) is 47.1 Å². The lowest BCUT2D eigenvalue weighted by atomic mass is 9.90. The molecule has 0 spiro atoms. The summed E-state index contributed by atoms with van der Waals surface area (Å²) < 4.78 is 0. The van der Waals surface area contributed by atoms with E-state index in [1.165, 1.54) is 18.4 Å². The third kappa shape index (κ3) is 5.16. The Morgan fingerprint density at radius 2 is 2.12 bits per heavy atom. The molecule has 1 atom stereocenters. The fraction of sp³-hybridized carbons (Fsp3) is 0.500. The number of amides is 1. The summed E-state index contributed by atoms with van der Waals surface area (Å²) in [5.74, 6) is 0.716. The molecular weight excluding hydrogens is 312 g/mol. The molecule has 1 aromatic heterocycles. The van der Waals surface area contributed by atoms with Crippen LogP contribution in [0.3, 0.4) is 0 Å². The molecule has 0 radical (unpaired) electrons. The normalized spacial score (nSPS) is 16.6. The van der Waals surface area contributed by atoms with E-state index in [0.717, 1.165) is 48.8 Å². The van der Waals surface area contributed by atoms with Gasteiger partial charge in [-0.05, 0) is 75.9 Å². The molecule has 2 heterocycles. The summed E-state index contributed by atoms with van der Waals surface area (Å²) in [4.78, 5) is 12.5. The maximum Gasteiger partial charge on any atom is 0.251 e. The van der Waals surface area contributed by atoms with Crippen molar-refractivity contribution < 1.29 is 4.79 Å². The Morgan fingerprint density at radius 1 is 1.32 bits per heavy atom. The quantitative estimate of drug-likeness (QED) is 0.757. The lowest BCUT2D eigenvalue weighted by Gasteiger charge is -2.22.